The molecule has 2 amide bonds. The van der Waals surface area contributed by atoms with Crippen LogP contribution in [-0.4, -0.2) is 11.8 Å². The molecule has 0 saturated carbocycles. The molecule has 116 valence electrons. The van der Waals surface area contributed by atoms with E-state index in [1.54, 1.807) is 24.3 Å². The van der Waals surface area contributed by atoms with Gasteiger partial charge in [-0.15, -0.1) is 0 Å². The summed E-state index contributed by atoms with van der Waals surface area (Å²) in [5, 5.41) is 2.74. The molecule has 0 fully saturated rings. The Kier molecular flexibility index (Phi) is 4.07. The normalized spacial score (nSPS) is 14.7. The first-order chi connectivity index (χ1) is 11.0. The maximum Gasteiger partial charge on any atom is 0.283 e. The Bertz CT molecular complexity index is 834. The first kappa shape index (κ1) is 15.5. The summed E-state index contributed by atoms with van der Waals surface area (Å²) < 4.78 is 12.9. The number of anilines is 2. The lowest BCUT2D eigenvalue weighted by molar-refractivity contribution is -0.120. The van der Waals surface area contributed by atoms with E-state index >= 15 is 0 Å². The van der Waals surface area contributed by atoms with Gasteiger partial charge in [0.2, 0.25) is 0 Å². The quantitative estimate of drug-likeness (QED) is 0.853. The third-order valence-electron chi connectivity index (χ3n) is 3.23. The lowest BCUT2D eigenvalue weighted by atomic mass is 10.3. The van der Waals surface area contributed by atoms with Gasteiger partial charge >= 0.3 is 0 Å². The zero-order chi connectivity index (χ0) is 16.6. The number of carbonyl (C=O) groups excluding carboxylic acids is 2. The van der Waals surface area contributed by atoms with Crippen molar-refractivity contribution in [3.63, 3.8) is 0 Å². The van der Waals surface area contributed by atoms with Crippen molar-refractivity contribution in [3.8, 4) is 0 Å². The van der Waals surface area contributed by atoms with Crippen molar-refractivity contribution in [2.24, 2.45) is 0 Å². The zero-order valence-electron chi connectivity index (χ0n) is 11.5. The highest BCUT2D eigenvalue weighted by atomic mass is 35.5. The SMILES string of the molecule is O=C1C(Cl)=C(Nc2ccc(F)cc2)C(=O)N1c1ccccc1Cl. The molecule has 0 unspecified atom stereocenters. The molecule has 0 bridgehead atoms. The van der Waals surface area contributed by atoms with Crippen molar-refractivity contribution in [3.05, 3.63) is 70.1 Å². The van der Waals surface area contributed by atoms with Crippen LogP contribution in [0.15, 0.2) is 59.3 Å². The molecule has 0 aliphatic carbocycles. The van der Waals surface area contributed by atoms with Crippen molar-refractivity contribution < 1.29 is 14.0 Å². The average Bonchev–Trinajstić information content (AvgIpc) is 2.74. The first-order valence-electron chi connectivity index (χ1n) is 6.54. The molecular formula is C16H9Cl2FN2O2. The first-order valence-corrected chi connectivity index (χ1v) is 7.30. The third-order valence-corrected chi connectivity index (χ3v) is 3.90. The Hall–Kier alpha value is -2.37. The molecule has 1 N–H and O–H groups in total. The molecule has 7 heteroatoms. The molecule has 1 heterocycles. The van der Waals surface area contributed by atoms with Crippen molar-refractivity contribution in [1.82, 2.24) is 0 Å². The maximum atomic E-state index is 12.9. The predicted molar refractivity (Wildman–Crippen MR) is 86.8 cm³/mol. The number of benzene rings is 2. The molecule has 0 radical (unpaired) electrons. The van der Waals surface area contributed by atoms with Gasteiger partial charge in [-0.25, -0.2) is 9.29 Å². The lowest BCUT2D eigenvalue weighted by Crippen LogP contribution is -2.32. The Balaban J connectivity index is 1.93. The van der Waals surface area contributed by atoms with E-state index in [0.717, 1.165) is 4.90 Å². The minimum Gasteiger partial charge on any atom is -0.350 e. The zero-order valence-corrected chi connectivity index (χ0v) is 13.0. The predicted octanol–water partition coefficient (Wildman–Crippen LogP) is 3.91. The van der Waals surface area contributed by atoms with E-state index in [1.165, 1.54) is 24.3 Å². The molecule has 3 rings (SSSR count). The van der Waals surface area contributed by atoms with Crippen LogP contribution in [0.4, 0.5) is 15.8 Å². The standard InChI is InChI=1S/C16H9Cl2FN2O2/c17-11-3-1-2-4-12(11)21-15(22)13(18)14(16(21)23)20-10-7-5-9(19)6-8-10/h1-8,20H. The smallest absolute Gasteiger partial charge is 0.283 e. The van der Waals surface area contributed by atoms with E-state index < -0.39 is 17.6 Å². The topological polar surface area (TPSA) is 49.4 Å². The second-order valence-electron chi connectivity index (χ2n) is 4.72. The van der Waals surface area contributed by atoms with Gasteiger partial charge in [-0.3, -0.25) is 9.59 Å². The van der Waals surface area contributed by atoms with E-state index in [0.29, 0.717) is 5.69 Å². The van der Waals surface area contributed by atoms with E-state index in [2.05, 4.69) is 5.32 Å². The Morgan fingerprint density at radius 1 is 0.913 bits per heavy atom. The second kappa shape index (κ2) is 6.02. The van der Waals surface area contributed by atoms with Crippen LogP contribution in [0.25, 0.3) is 0 Å². The highest BCUT2D eigenvalue weighted by Crippen LogP contribution is 2.33. The fourth-order valence-electron chi connectivity index (χ4n) is 2.14. The lowest BCUT2D eigenvalue weighted by Gasteiger charge is -2.16. The number of amides is 2. The molecular weight excluding hydrogens is 342 g/mol. The summed E-state index contributed by atoms with van der Waals surface area (Å²) in [6, 6.07) is 11.8. The van der Waals surface area contributed by atoms with Gasteiger partial charge in [-0.1, -0.05) is 35.3 Å². The molecule has 2 aromatic carbocycles. The molecule has 0 spiro atoms. The third kappa shape index (κ3) is 2.81. The molecule has 1 aliphatic heterocycles. The summed E-state index contributed by atoms with van der Waals surface area (Å²) in [6.45, 7) is 0. The Morgan fingerprint density at radius 3 is 2.22 bits per heavy atom. The van der Waals surface area contributed by atoms with Crippen LogP contribution in [-0.2, 0) is 9.59 Å². The minimum atomic E-state index is -0.672. The van der Waals surface area contributed by atoms with Gasteiger partial charge in [-0.05, 0) is 36.4 Å². The van der Waals surface area contributed by atoms with E-state index in [4.69, 9.17) is 23.2 Å². The number of para-hydroxylation sites is 1. The number of nitrogens with zero attached hydrogens (tertiary/aromatic N) is 1. The number of rotatable bonds is 3. The summed E-state index contributed by atoms with van der Waals surface area (Å²) in [5.41, 5.74) is 0.600. The van der Waals surface area contributed by atoms with Crippen LogP contribution in [0.5, 0.6) is 0 Å². The summed E-state index contributed by atoms with van der Waals surface area (Å²) in [6.07, 6.45) is 0. The highest BCUT2D eigenvalue weighted by molar-refractivity contribution is 6.53. The van der Waals surface area contributed by atoms with Crippen molar-refractivity contribution >= 4 is 46.4 Å². The van der Waals surface area contributed by atoms with Crippen LogP contribution in [0.3, 0.4) is 0 Å². The van der Waals surface area contributed by atoms with Crippen LogP contribution >= 0.6 is 23.2 Å². The summed E-state index contributed by atoms with van der Waals surface area (Å²) in [5.74, 6) is -1.71. The molecule has 1 aliphatic rings. The summed E-state index contributed by atoms with van der Waals surface area (Å²) in [4.78, 5) is 25.7. The maximum absolute atomic E-state index is 12.9. The van der Waals surface area contributed by atoms with Crippen molar-refractivity contribution in [1.29, 1.82) is 0 Å². The van der Waals surface area contributed by atoms with Crippen LogP contribution in [0.2, 0.25) is 5.02 Å². The van der Waals surface area contributed by atoms with E-state index in [9.17, 15) is 14.0 Å². The van der Waals surface area contributed by atoms with Crippen molar-refractivity contribution in [2.45, 2.75) is 0 Å². The number of hydrogen-bond donors (Lipinski definition) is 1. The number of imide groups is 1. The van der Waals surface area contributed by atoms with Crippen LogP contribution in [0, 0.1) is 5.82 Å². The van der Waals surface area contributed by atoms with Crippen LogP contribution < -0.4 is 10.2 Å². The average molecular weight is 351 g/mol. The van der Waals surface area contributed by atoms with Gasteiger partial charge in [0.15, 0.2) is 0 Å². The van der Waals surface area contributed by atoms with Crippen molar-refractivity contribution in [2.75, 3.05) is 10.2 Å². The van der Waals surface area contributed by atoms with Gasteiger partial charge in [0.1, 0.15) is 16.5 Å². The van der Waals surface area contributed by atoms with Gasteiger partial charge < -0.3 is 5.32 Å². The fourth-order valence-corrected chi connectivity index (χ4v) is 2.57. The van der Waals surface area contributed by atoms with Gasteiger partial charge in [0.05, 0.1) is 10.7 Å². The van der Waals surface area contributed by atoms with E-state index in [-0.39, 0.29) is 21.4 Å². The van der Waals surface area contributed by atoms with Gasteiger partial charge in [0.25, 0.3) is 11.8 Å². The van der Waals surface area contributed by atoms with E-state index in [1.807, 2.05) is 0 Å². The molecule has 0 aromatic heterocycles. The highest BCUT2D eigenvalue weighted by Gasteiger charge is 2.39. The number of hydrogen-bond acceptors (Lipinski definition) is 3. The Labute approximate surface area is 141 Å². The van der Waals surface area contributed by atoms with Gasteiger partial charge in [0, 0.05) is 5.69 Å². The monoisotopic (exact) mass is 350 g/mol. The molecule has 0 atom stereocenters. The molecule has 2 aromatic rings. The number of halogens is 3. The number of nitrogens with one attached hydrogen (secondary N) is 1. The minimum absolute atomic E-state index is 0.0804. The Morgan fingerprint density at radius 2 is 1.57 bits per heavy atom. The van der Waals surface area contributed by atoms with Crippen LogP contribution in [0.1, 0.15) is 0 Å². The number of carbonyl (C=O) groups is 2. The largest absolute Gasteiger partial charge is 0.350 e. The molecule has 4 nitrogen and oxygen atoms in total. The molecule has 0 saturated heterocycles. The fraction of sp³-hybridized carbons (Fsp3) is 0. The second-order valence-corrected chi connectivity index (χ2v) is 5.50. The van der Waals surface area contributed by atoms with Gasteiger partial charge in [-0.2, -0.15) is 0 Å². The summed E-state index contributed by atoms with van der Waals surface area (Å²) >= 11 is 12.0. The molecule has 23 heavy (non-hydrogen) atoms. The summed E-state index contributed by atoms with van der Waals surface area (Å²) in [7, 11) is 0.